The van der Waals surface area contributed by atoms with Crippen LogP contribution < -0.4 is 0 Å². The molecule has 1 fully saturated rings. The molecule has 1 saturated heterocycles. The van der Waals surface area contributed by atoms with Gasteiger partial charge in [-0.05, 0) is 90.3 Å². The van der Waals surface area contributed by atoms with Gasteiger partial charge in [-0.15, -0.1) is 0 Å². The summed E-state index contributed by atoms with van der Waals surface area (Å²) in [6, 6.07) is 21.9. The molecular formula is C28H23ClN2O2S. The Morgan fingerprint density at radius 2 is 1.68 bits per heavy atom. The number of hydrogen-bond donors (Lipinski definition) is 0. The Labute approximate surface area is 207 Å². The Bertz CT molecular complexity index is 1500. The van der Waals surface area contributed by atoms with E-state index in [1.54, 1.807) is 0 Å². The topological polar surface area (TPSA) is 42.3 Å². The Morgan fingerprint density at radius 1 is 0.912 bits per heavy atom. The second-order valence-electron chi connectivity index (χ2n) is 8.50. The molecule has 6 heteroatoms. The summed E-state index contributed by atoms with van der Waals surface area (Å²) < 4.78 is 2.13. The third kappa shape index (κ3) is 3.95. The number of rotatable bonds is 4. The molecule has 1 aliphatic rings. The minimum atomic E-state index is -0.258. The standard InChI is InChI=1S/C28H23ClN2O2S/c1-17-13-23(19(3)31(17)25-10-6-9-24(29)18(25)2)15-26-27(32)30(28(33)34-26)16-20-11-12-21-7-4-5-8-22(21)14-20/h4-15H,16H2,1-3H3/b26-15-. The summed E-state index contributed by atoms with van der Waals surface area (Å²) >= 11 is 7.34. The highest BCUT2D eigenvalue weighted by Crippen LogP contribution is 2.35. The molecule has 0 atom stereocenters. The van der Waals surface area contributed by atoms with E-state index in [0.717, 1.165) is 56.3 Å². The quantitative estimate of drug-likeness (QED) is 0.281. The van der Waals surface area contributed by atoms with Crippen LogP contribution in [0, 0.1) is 20.8 Å². The zero-order chi connectivity index (χ0) is 24.0. The van der Waals surface area contributed by atoms with Crippen molar-refractivity contribution < 1.29 is 9.59 Å². The third-order valence-electron chi connectivity index (χ3n) is 6.27. The Morgan fingerprint density at radius 3 is 2.47 bits per heavy atom. The number of thioether (sulfide) groups is 1. The maximum Gasteiger partial charge on any atom is 0.293 e. The smallest absolute Gasteiger partial charge is 0.293 e. The maximum atomic E-state index is 13.2. The molecule has 4 aromatic rings. The van der Waals surface area contributed by atoms with Crippen LogP contribution in [0.15, 0.2) is 71.6 Å². The van der Waals surface area contributed by atoms with Crippen LogP contribution in [0.4, 0.5) is 4.79 Å². The van der Waals surface area contributed by atoms with Gasteiger partial charge < -0.3 is 4.57 Å². The summed E-state index contributed by atoms with van der Waals surface area (Å²) in [5.74, 6) is -0.258. The summed E-state index contributed by atoms with van der Waals surface area (Å²) in [6.07, 6.45) is 1.82. The van der Waals surface area contributed by atoms with Gasteiger partial charge in [-0.1, -0.05) is 54.1 Å². The Hall–Kier alpha value is -3.28. The van der Waals surface area contributed by atoms with Gasteiger partial charge in [0, 0.05) is 22.1 Å². The van der Waals surface area contributed by atoms with Gasteiger partial charge >= 0.3 is 0 Å². The molecule has 0 spiro atoms. The van der Waals surface area contributed by atoms with Crippen molar-refractivity contribution in [3.05, 3.63) is 105 Å². The zero-order valence-electron chi connectivity index (χ0n) is 19.1. The van der Waals surface area contributed by atoms with Gasteiger partial charge in [0.25, 0.3) is 11.1 Å². The summed E-state index contributed by atoms with van der Waals surface area (Å²) in [5, 5.41) is 2.68. The molecule has 0 N–H and O–H groups in total. The van der Waals surface area contributed by atoms with Crippen LogP contribution in [-0.4, -0.2) is 20.6 Å². The van der Waals surface area contributed by atoms with Crippen LogP contribution in [0.2, 0.25) is 5.02 Å². The molecule has 2 amide bonds. The van der Waals surface area contributed by atoms with Crippen LogP contribution in [-0.2, 0) is 11.3 Å². The molecule has 3 aromatic carbocycles. The average molecular weight is 487 g/mol. The molecule has 170 valence electrons. The van der Waals surface area contributed by atoms with Crippen LogP contribution >= 0.6 is 23.4 Å². The first-order chi connectivity index (χ1) is 16.3. The number of carbonyl (C=O) groups is 2. The van der Waals surface area contributed by atoms with E-state index in [1.165, 1.54) is 4.90 Å². The number of fused-ring (bicyclic) bond motifs is 1. The largest absolute Gasteiger partial charge is 0.318 e. The molecule has 2 heterocycles. The van der Waals surface area contributed by atoms with Gasteiger partial charge in [0.15, 0.2) is 0 Å². The summed E-state index contributed by atoms with van der Waals surface area (Å²) in [6.45, 7) is 6.29. The van der Waals surface area contributed by atoms with Gasteiger partial charge in [0.1, 0.15) is 0 Å². The lowest BCUT2D eigenvalue weighted by atomic mass is 10.1. The van der Waals surface area contributed by atoms with E-state index in [9.17, 15) is 9.59 Å². The van der Waals surface area contributed by atoms with Crippen LogP contribution in [0.5, 0.6) is 0 Å². The van der Waals surface area contributed by atoms with Gasteiger partial charge in [-0.3, -0.25) is 14.5 Å². The van der Waals surface area contributed by atoms with Gasteiger partial charge in [-0.25, -0.2) is 0 Å². The van der Waals surface area contributed by atoms with Gasteiger partial charge in [-0.2, -0.15) is 0 Å². The second-order valence-corrected chi connectivity index (χ2v) is 9.90. The summed E-state index contributed by atoms with van der Waals surface area (Å²) in [5.41, 5.74) is 5.86. The van der Waals surface area contributed by atoms with Crippen molar-refractivity contribution in [1.29, 1.82) is 0 Å². The molecule has 0 saturated carbocycles. The highest BCUT2D eigenvalue weighted by atomic mass is 35.5. The molecule has 1 aliphatic heterocycles. The fraction of sp³-hybridized carbons (Fsp3) is 0.143. The minimum Gasteiger partial charge on any atom is -0.318 e. The van der Waals surface area contributed by atoms with Crippen molar-refractivity contribution in [2.24, 2.45) is 0 Å². The minimum absolute atomic E-state index is 0.246. The fourth-order valence-corrected chi connectivity index (χ4v) is 5.44. The average Bonchev–Trinajstić information content (AvgIpc) is 3.25. The fourth-order valence-electron chi connectivity index (χ4n) is 4.44. The van der Waals surface area contributed by atoms with Crippen molar-refractivity contribution in [2.75, 3.05) is 0 Å². The SMILES string of the molecule is Cc1c(Cl)cccc1-n1c(C)cc(/C=C2\SC(=O)N(Cc3ccc4ccccc4c3)C2=O)c1C. The lowest BCUT2D eigenvalue weighted by Gasteiger charge is -2.14. The number of nitrogens with zero attached hydrogens (tertiary/aromatic N) is 2. The van der Waals surface area contributed by atoms with Crippen molar-refractivity contribution in [2.45, 2.75) is 27.3 Å². The highest BCUT2D eigenvalue weighted by molar-refractivity contribution is 8.18. The summed E-state index contributed by atoms with van der Waals surface area (Å²) in [7, 11) is 0. The number of amides is 2. The summed E-state index contributed by atoms with van der Waals surface area (Å²) in [4.78, 5) is 27.6. The number of imide groups is 1. The van der Waals surface area contributed by atoms with Crippen molar-refractivity contribution in [3.63, 3.8) is 0 Å². The highest BCUT2D eigenvalue weighted by Gasteiger charge is 2.35. The van der Waals surface area contributed by atoms with E-state index in [2.05, 4.69) is 4.57 Å². The molecule has 0 bridgehead atoms. The van der Waals surface area contributed by atoms with Crippen molar-refractivity contribution in [1.82, 2.24) is 9.47 Å². The molecule has 0 aliphatic carbocycles. The number of aryl methyl sites for hydroxylation is 1. The van der Waals surface area contributed by atoms with Crippen molar-refractivity contribution in [3.8, 4) is 5.69 Å². The first-order valence-electron chi connectivity index (χ1n) is 11.0. The molecule has 1 aromatic heterocycles. The number of hydrogen-bond acceptors (Lipinski definition) is 3. The molecule has 5 rings (SSSR count). The predicted molar refractivity (Wildman–Crippen MR) is 140 cm³/mol. The Kier molecular flexibility index (Phi) is 5.84. The maximum absolute atomic E-state index is 13.2. The van der Waals surface area contributed by atoms with E-state index in [-0.39, 0.29) is 17.7 Å². The number of benzene rings is 3. The van der Waals surface area contributed by atoms with E-state index in [4.69, 9.17) is 11.6 Å². The lowest BCUT2D eigenvalue weighted by molar-refractivity contribution is -0.123. The number of halogens is 1. The predicted octanol–water partition coefficient (Wildman–Crippen LogP) is 7.45. The third-order valence-corrected chi connectivity index (χ3v) is 7.58. The normalized spacial score (nSPS) is 15.2. The van der Waals surface area contributed by atoms with E-state index < -0.39 is 0 Å². The molecule has 0 unspecified atom stereocenters. The molecule has 4 nitrogen and oxygen atoms in total. The second kappa shape index (κ2) is 8.82. The first kappa shape index (κ1) is 22.5. The number of aromatic nitrogens is 1. The van der Waals surface area contributed by atoms with Crippen molar-refractivity contribution >= 4 is 51.4 Å². The Balaban J connectivity index is 1.44. The van der Waals surface area contributed by atoms with E-state index >= 15 is 0 Å². The van der Waals surface area contributed by atoms with Gasteiger partial charge in [0.05, 0.1) is 11.4 Å². The van der Waals surface area contributed by atoms with Crippen LogP contribution in [0.3, 0.4) is 0 Å². The number of carbonyl (C=O) groups excluding carboxylic acids is 2. The monoisotopic (exact) mass is 486 g/mol. The zero-order valence-corrected chi connectivity index (χ0v) is 20.7. The van der Waals surface area contributed by atoms with E-state index in [0.29, 0.717) is 9.93 Å². The molecular weight excluding hydrogens is 464 g/mol. The van der Waals surface area contributed by atoms with Crippen LogP contribution in [0.25, 0.3) is 22.5 Å². The molecule has 34 heavy (non-hydrogen) atoms. The van der Waals surface area contributed by atoms with Crippen LogP contribution in [0.1, 0.15) is 28.1 Å². The first-order valence-corrected chi connectivity index (χ1v) is 12.2. The van der Waals surface area contributed by atoms with Gasteiger partial charge in [0.2, 0.25) is 0 Å². The molecule has 0 radical (unpaired) electrons. The van der Waals surface area contributed by atoms with E-state index in [1.807, 2.05) is 93.6 Å². The lowest BCUT2D eigenvalue weighted by Crippen LogP contribution is -2.27.